The smallest absolute Gasteiger partial charge is 0.345 e. The molecule has 164 valence electrons. The fourth-order valence-electron chi connectivity index (χ4n) is 2.83. The number of nitrogens with zero attached hydrogens (tertiary/aromatic N) is 3. The van der Waals surface area contributed by atoms with Crippen LogP contribution in [0.5, 0.6) is 0 Å². The number of hydrogen-bond acceptors (Lipinski definition) is 6. The molecule has 2 N–H and O–H groups in total. The van der Waals surface area contributed by atoms with Crippen molar-refractivity contribution in [2.75, 3.05) is 0 Å². The van der Waals surface area contributed by atoms with Gasteiger partial charge < -0.3 is 19.7 Å². The summed E-state index contributed by atoms with van der Waals surface area (Å²) in [4.78, 5) is 40.7. The molecule has 9 nitrogen and oxygen atoms in total. The van der Waals surface area contributed by atoms with Gasteiger partial charge in [-0.1, -0.05) is 5.16 Å². The average Bonchev–Trinajstić information content (AvgIpc) is 3.15. The van der Waals surface area contributed by atoms with E-state index in [0.29, 0.717) is 5.69 Å². The number of alkyl halides is 3. The van der Waals surface area contributed by atoms with Crippen LogP contribution in [0.25, 0.3) is 0 Å². The highest BCUT2D eigenvalue weighted by Crippen LogP contribution is 2.27. The molecule has 2 aromatic rings. The maximum Gasteiger partial charge on any atom is 0.471 e. The van der Waals surface area contributed by atoms with E-state index < -0.39 is 41.7 Å². The molecule has 0 aliphatic rings. The summed E-state index contributed by atoms with van der Waals surface area (Å²) in [5, 5.41) is 8.13. The molecule has 0 aromatic carbocycles. The van der Waals surface area contributed by atoms with Crippen molar-refractivity contribution in [3.8, 4) is 0 Å². The molecule has 0 unspecified atom stereocenters. The standard InChI is InChI=1S/C18H22F3N5O4/c1-8-11(14(28)22-7-10-23-16(30-25-10)18(19,20)21)9(2)26(6)12(8)13(27)15(29)24-17(3,4)5/h7H2,1-6H3,(H,22,28)(H,24,29). The number of halogens is 3. The summed E-state index contributed by atoms with van der Waals surface area (Å²) >= 11 is 0. The molecule has 0 spiro atoms. The van der Waals surface area contributed by atoms with Crippen LogP contribution in [0.1, 0.15) is 64.6 Å². The van der Waals surface area contributed by atoms with Gasteiger partial charge in [0.15, 0.2) is 5.82 Å². The molecule has 0 radical (unpaired) electrons. The zero-order chi connectivity index (χ0) is 23.0. The zero-order valence-corrected chi connectivity index (χ0v) is 17.3. The van der Waals surface area contributed by atoms with Gasteiger partial charge in [-0.15, -0.1) is 0 Å². The van der Waals surface area contributed by atoms with Crippen LogP contribution in [-0.4, -0.2) is 37.8 Å². The predicted molar refractivity (Wildman–Crippen MR) is 97.6 cm³/mol. The molecule has 2 aromatic heterocycles. The summed E-state index contributed by atoms with van der Waals surface area (Å²) in [7, 11) is 1.53. The van der Waals surface area contributed by atoms with E-state index >= 15 is 0 Å². The van der Waals surface area contributed by atoms with Crippen LogP contribution in [0.2, 0.25) is 0 Å². The quantitative estimate of drug-likeness (QED) is 0.555. The van der Waals surface area contributed by atoms with Crippen molar-refractivity contribution in [2.45, 2.75) is 52.9 Å². The van der Waals surface area contributed by atoms with Gasteiger partial charge in [-0.3, -0.25) is 14.4 Å². The fourth-order valence-corrected chi connectivity index (χ4v) is 2.83. The van der Waals surface area contributed by atoms with Gasteiger partial charge >= 0.3 is 12.1 Å². The first-order valence-corrected chi connectivity index (χ1v) is 8.84. The van der Waals surface area contributed by atoms with Crippen LogP contribution in [0.15, 0.2) is 4.52 Å². The lowest BCUT2D eigenvalue weighted by Crippen LogP contribution is -2.44. The Hall–Kier alpha value is -3.18. The predicted octanol–water partition coefficient (Wildman–Crippen LogP) is 2.07. The average molecular weight is 429 g/mol. The summed E-state index contributed by atoms with van der Waals surface area (Å²) in [6.07, 6.45) is -4.79. The maximum absolute atomic E-state index is 12.6. The minimum absolute atomic E-state index is 0.0401. The molecule has 0 saturated heterocycles. The minimum Gasteiger partial charge on any atom is -0.345 e. The summed E-state index contributed by atoms with van der Waals surface area (Å²) in [5.41, 5.74) is 0.218. The Morgan fingerprint density at radius 2 is 1.73 bits per heavy atom. The number of carbonyl (C=O) groups is 3. The third kappa shape index (κ3) is 4.86. The van der Waals surface area contributed by atoms with Gasteiger partial charge in [0.2, 0.25) is 0 Å². The molecule has 0 atom stereocenters. The number of nitrogens with one attached hydrogen (secondary N) is 2. The second-order valence-electron chi connectivity index (χ2n) is 7.72. The van der Waals surface area contributed by atoms with Gasteiger partial charge in [-0.2, -0.15) is 18.2 Å². The number of ketones is 1. The molecule has 0 fully saturated rings. The molecule has 12 heteroatoms. The van der Waals surface area contributed by atoms with Gasteiger partial charge in [-0.05, 0) is 40.2 Å². The lowest BCUT2D eigenvalue weighted by Gasteiger charge is -2.20. The van der Waals surface area contributed by atoms with Gasteiger partial charge in [0.25, 0.3) is 17.6 Å². The zero-order valence-electron chi connectivity index (χ0n) is 17.3. The van der Waals surface area contributed by atoms with Crippen molar-refractivity contribution in [3.63, 3.8) is 0 Å². The van der Waals surface area contributed by atoms with E-state index in [4.69, 9.17) is 0 Å². The number of carbonyl (C=O) groups excluding carboxylic acids is 3. The van der Waals surface area contributed by atoms with E-state index in [1.807, 2.05) is 0 Å². The van der Waals surface area contributed by atoms with Crippen molar-refractivity contribution in [1.29, 1.82) is 0 Å². The fraction of sp³-hybridized carbons (Fsp3) is 0.500. The molecular weight excluding hydrogens is 407 g/mol. The van der Waals surface area contributed by atoms with Gasteiger partial charge in [0.05, 0.1) is 17.8 Å². The molecule has 0 aliphatic heterocycles. The Bertz CT molecular complexity index is 999. The number of amides is 2. The molecule has 2 heterocycles. The first kappa shape index (κ1) is 23.1. The summed E-state index contributed by atoms with van der Waals surface area (Å²) in [6, 6.07) is 0. The van der Waals surface area contributed by atoms with Gasteiger partial charge in [0.1, 0.15) is 0 Å². The lowest BCUT2D eigenvalue weighted by atomic mass is 10.1. The van der Waals surface area contributed by atoms with Gasteiger partial charge in [-0.25, -0.2) is 0 Å². The SMILES string of the molecule is Cc1c(C(=O)NCc2noc(C(F)(F)F)n2)c(C)n(C)c1C(=O)C(=O)NC(C)(C)C. The molecular formula is C18H22F3N5O4. The Labute approximate surface area is 170 Å². The topological polar surface area (TPSA) is 119 Å². The van der Waals surface area contributed by atoms with Crippen LogP contribution in [0.4, 0.5) is 13.2 Å². The number of rotatable bonds is 5. The maximum atomic E-state index is 12.6. The van der Waals surface area contributed by atoms with E-state index in [2.05, 4.69) is 25.3 Å². The lowest BCUT2D eigenvalue weighted by molar-refractivity contribution is -0.159. The van der Waals surface area contributed by atoms with Crippen LogP contribution in [0, 0.1) is 13.8 Å². The van der Waals surface area contributed by atoms with Crippen LogP contribution < -0.4 is 10.6 Å². The minimum atomic E-state index is -4.79. The third-order valence-corrected chi connectivity index (χ3v) is 4.19. The summed E-state index contributed by atoms with van der Waals surface area (Å²) in [6.45, 7) is 7.85. The monoisotopic (exact) mass is 429 g/mol. The molecule has 0 bridgehead atoms. The third-order valence-electron chi connectivity index (χ3n) is 4.19. The Morgan fingerprint density at radius 3 is 2.23 bits per heavy atom. The van der Waals surface area contributed by atoms with Crippen LogP contribution in [0.3, 0.4) is 0 Å². The normalized spacial score (nSPS) is 12.0. The Balaban J connectivity index is 2.23. The van der Waals surface area contributed by atoms with E-state index in [1.165, 1.54) is 18.5 Å². The summed E-state index contributed by atoms with van der Waals surface area (Å²) < 4.78 is 43.1. The van der Waals surface area contributed by atoms with Crippen LogP contribution >= 0.6 is 0 Å². The first-order chi connectivity index (χ1) is 13.6. The molecule has 2 amide bonds. The second-order valence-corrected chi connectivity index (χ2v) is 7.72. The van der Waals surface area contributed by atoms with Gasteiger partial charge in [0, 0.05) is 18.3 Å². The van der Waals surface area contributed by atoms with Crippen molar-refractivity contribution >= 4 is 17.6 Å². The Kier molecular flexibility index (Phi) is 6.10. The largest absolute Gasteiger partial charge is 0.471 e. The van der Waals surface area contributed by atoms with Crippen molar-refractivity contribution in [1.82, 2.24) is 25.3 Å². The van der Waals surface area contributed by atoms with E-state index in [9.17, 15) is 27.6 Å². The number of Topliss-reactive ketones (excluding diaryl/α,β-unsaturated/α-hetero) is 1. The van der Waals surface area contributed by atoms with E-state index in [-0.39, 0.29) is 22.6 Å². The number of hydrogen-bond donors (Lipinski definition) is 2. The first-order valence-electron chi connectivity index (χ1n) is 8.84. The Morgan fingerprint density at radius 1 is 1.13 bits per heavy atom. The molecule has 2 rings (SSSR count). The highest BCUT2D eigenvalue weighted by molar-refractivity contribution is 6.43. The van der Waals surface area contributed by atoms with Crippen LogP contribution in [-0.2, 0) is 24.6 Å². The highest BCUT2D eigenvalue weighted by Gasteiger charge is 2.38. The van der Waals surface area contributed by atoms with E-state index in [1.54, 1.807) is 27.7 Å². The van der Waals surface area contributed by atoms with Crippen molar-refractivity contribution in [2.24, 2.45) is 7.05 Å². The van der Waals surface area contributed by atoms with Crippen molar-refractivity contribution in [3.05, 3.63) is 34.2 Å². The second kappa shape index (κ2) is 7.92. The summed E-state index contributed by atoms with van der Waals surface area (Å²) in [5.74, 6) is -4.15. The van der Waals surface area contributed by atoms with Crippen molar-refractivity contribution < 1.29 is 32.1 Å². The highest BCUT2D eigenvalue weighted by atomic mass is 19.4. The molecule has 0 aliphatic carbocycles. The molecule has 30 heavy (non-hydrogen) atoms. The van der Waals surface area contributed by atoms with E-state index in [0.717, 1.165) is 0 Å². The number of aromatic nitrogens is 3. The molecule has 0 saturated carbocycles.